The minimum atomic E-state index is -1.000. The van der Waals surface area contributed by atoms with Crippen LogP contribution in [0.4, 0.5) is 15.9 Å². The molecule has 134 valence electrons. The number of aromatic nitrogens is 2. The minimum absolute atomic E-state index is 0.211. The summed E-state index contributed by atoms with van der Waals surface area (Å²) in [5, 5.41) is 13.5. The number of rotatable bonds is 3. The molecule has 1 aliphatic rings. The molecule has 8 heteroatoms. The Labute approximate surface area is 156 Å². The lowest BCUT2D eigenvalue weighted by Gasteiger charge is -2.36. The van der Waals surface area contributed by atoms with Gasteiger partial charge in [-0.25, -0.2) is 9.37 Å². The summed E-state index contributed by atoms with van der Waals surface area (Å²) in [6, 6.07) is 8.11. The highest BCUT2D eigenvalue weighted by molar-refractivity contribution is 9.10. The molecule has 0 unspecified atom stereocenters. The van der Waals surface area contributed by atoms with Gasteiger partial charge in [-0.3, -0.25) is 4.79 Å². The Bertz CT molecular complexity index is 1060. The summed E-state index contributed by atoms with van der Waals surface area (Å²) in [6.07, 6.45) is 1.54. The fraction of sp³-hybridized carbons (Fsp3) is 0.222. The van der Waals surface area contributed by atoms with Gasteiger partial charge in [-0.2, -0.15) is 0 Å². The van der Waals surface area contributed by atoms with Crippen LogP contribution >= 0.6 is 15.9 Å². The summed E-state index contributed by atoms with van der Waals surface area (Å²) in [5.74, 6) is -0.0129. The van der Waals surface area contributed by atoms with Gasteiger partial charge in [-0.15, -0.1) is 0 Å². The Morgan fingerprint density at radius 1 is 1.35 bits per heavy atom. The van der Waals surface area contributed by atoms with Crippen molar-refractivity contribution in [1.29, 1.82) is 0 Å². The zero-order valence-electron chi connectivity index (χ0n) is 13.8. The first-order valence-electron chi connectivity index (χ1n) is 7.90. The smallest absolute Gasteiger partial charge is 0.274 e. The fourth-order valence-corrected chi connectivity index (χ4v) is 3.26. The van der Waals surface area contributed by atoms with Crippen molar-refractivity contribution in [2.75, 3.05) is 18.5 Å². The number of ether oxygens (including phenoxy) is 1. The Morgan fingerprint density at radius 2 is 2.12 bits per heavy atom. The molecule has 26 heavy (non-hydrogen) atoms. The van der Waals surface area contributed by atoms with Gasteiger partial charge < -0.3 is 19.7 Å². The molecule has 0 amide bonds. The molecule has 0 spiro atoms. The molecule has 0 saturated carbocycles. The number of nitrogens with one attached hydrogen (secondary N) is 1. The first-order chi connectivity index (χ1) is 12.4. The molecule has 4 rings (SSSR count). The molecule has 2 aromatic heterocycles. The summed E-state index contributed by atoms with van der Waals surface area (Å²) >= 11 is 3.16. The van der Waals surface area contributed by atoms with E-state index >= 15 is 0 Å². The van der Waals surface area contributed by atoms with Crippen LogP contribution in [0, 0.1) is 5.82 Å². The van der Waals surface area contributed by atoms with Gasteiger partial charge in [-0.1, -0.05) is 6.07 Å². The molecular formula is C18H15BrFN3O3. The molecule has 0 aliphatic carbocycles. The Morgan fingerprint density at radius 3 is 2.73 bits per heavy atom. The van der Waals surface area contributed by atoms with Gasteiger partial charge in [0.05, 0.1) is 23.2 Å². The number of hydrogen-bond donors (Lipinski definition) is 2. The van der Waals surface area contributed by atoms with Crippen molar-refractivity contribution in [2.45, 2.75) is 5.60 Å². The SMILES string of the molecule is Cn1c(=O)c(Nc2ccc(C3(O)COC3)cn2)cc2c(F)c(Br)ccc21. The monoisotopic (exact) mass is 419 g/mol. The predicted octanol–water partition coefficient (Wildman–Crippen LogP) is 2.80. The van der Waals surface area contributed by atoms with Gasteiger partial charge in [0.2, 0.25) is 0 Å². The maximum absolute atomic E-state index is 14.4. The van der Waals surface area contributed by atoms with Crippen LogP contribution in [0.15, 0.2) is 45.8 Å². The normalized spacial score (nSPS) is 15.7. The van der Waals surface area contributed by atoms with E-state index in [0.29, 0.717) is 26.8 Å². The third kappa shape index (κ3) is 2.70. The number of aliphatic hydroxyl groups is 1. The Balaban J connectivity index is 1.72. The number of aryl methyl sites for hydroxylation is 1. The van der Waals surface area contributed by atoms with Crippen molar-refractivity contribution >= 4 is 38.3 Å². The molecule has 1 fully saturated rings. The first kappa shape index (κ1) is 17.1. The van der Waals surface area contributed by atoms with Gasteiger partial charge in [0.1, 0.15) is 22.9 Å². The number of nitrogens with zero attached hydrogens (tertiary/aromatic N) is 2. The highest BCUT2D eigenvalue weighted by Crippen LogP contribution is 2.30. The molecule has 2 N–H and O–H groups in total. The molecule has 3 aromatic rings. The van der Waals surface area contributed by atoms with Crippen LogP contribution in [0.3, 0.4) is 0 Å². The third-order valence-corrected chi connectivity index (χ3v) is 5.15. The average Bonchev–Trinajstić information content (AvgIpc) is 2.61. The molecule has 1 aliphatic heterocycles. The topological polar surface area (TPSA) is 76.4 Å². The predicted molar refractivity (Wildman–Crippen MR) is 99.1 cm³/mol. The van der Waals surface area contributed by atoms with Crippen molar-refractivity contribution in [3.8, 4) is 0 Å². The molecule has 6 nitrogen and oxygen atoms in total. The van der Waals surface area contributed by atoms with Crippen molar-refractivity contribution < 1.29 is 14.2 Å². The molecule has 0 atom stereocenters. The number of benzene rings is 1. The van der Waals surface area contributed by atoms with E-state index in [1.807, 2.05) is 0 Å². The highest BCUT2D eigenvalue weighted by atomic mass is 79.9. The molecule has 0 bridgehead atoms. The number of pyridine rings is 2. The lowest BCUT2D eigenvalue weighted by molar-refractivity contribution is -0.184. The minimum Gasteiger partial charge on any atom is -0.380 e. The molecule has 1 aromatic carbocycles. The van der Waals surface area contributed by atoms with Crippen molar-refractivity contribution in [2.24, 2.45) is 7.05 Å². The van der Waals surface area contributed by atoms with Crippen LogP contribution in [0.5, 0.6) is 0 Å². The van der Waals surface area contributed by atoms with Gasteiger partial charge in [0.25, 0.3) is 5.56 Å². The van der Waals surface area contributed by atoms with Gasteiger partial charge >= 0.3 is 0 Å². The van der Waals surface area contributed by atoms with Gasteiger partial charge in [-0.05, 0) is 40.2 Å². The van der Waals surface area contributed by atoms with Gasteiger partial charge in [0.15, 0.2) is 0 Å². The Hall–Kier alpha value is -2.29. The zero-order valence-corrected chi connectivity index (χ0v) is 15.4. The van der Waals surface area contributed by atoms with E-state index in [2.05, 4.69) is 26.2 Å². The fourth-order valence-electron chi connectivity index (χ4n) is 2.91. The van der Waals surface area contributed by atoms with E-state index in [-0.39, 0.29) is 24.5 Å². The van der Waals surface area contributed by atoms with Crippen LogP contribution < -0.4 is 10.9 Å². The summed E-state index contributed by atoms with van der Waals surface area (Å²) < 4.78 is 21.2. The Kier molecular flexibility index (Phi) is 4.06. The largest absolute Gasteiger partial charge is 0.380 e. The van der Waals surface area contributed by atoms with E-state index in [0.717, 1.165) is 0 Å². The molecule has 1 saturated heterocycles. The molecule has 0 radical (unpaired) electrons. The first-order valence-corrected chi connectivity index (χ1v) is 8.70. The van der Waals surface area contributed by atoms with Crippen LogP contribution in [-0.4, -0.2) is 27.9 Å². The molecule has 3 heterocycles. The lowest BCUT2D eigenvalue weighted by atomic mass is 9.94. The van der Waals surface area contributed by atoms with Crippen LogP contribution in [0.25, 0.3) is 10.9 Å². The summed E-state index contributed by atoms with van der Waals surface area (Å²) in [6.45, 7) is 0.474. The zero-order chi connectivity index (χ0) is 18.5. The second-order valence-electron chi connectivity index (χ2n) is 6.30. The lowest BCUT2D eigenvalue weighted by Crippen LogP contribution is -2.46. The van der Waals surface area contributed by atoms with E-state index in [1.165, 1.54) is 16.8 Å². The van der Waals surface area contributed by atoms with Crippen molar-refractivity contribution in [1.82, 2.24) is 9.55 Å². The van der Waals surface area contributed by atoms with Crippen LogP contribution in [0.2, 0.25) is 0 Å². The van der Waals surface area contributed by atoms with Crippen molar-refractivity contribution in [3.63, 3.8) is 0 Å². The van der Waals surface area contributed by atoms with Gasteiger partial charge in [0, 0.05) is 24.2 Å². The number of anilines is 2. The standard InChI is InChI=1S/C18H15BrFN3O3/c1-23-14-4-3-12(19)16(20)11(14)6-13(17(23)24)22-15-5-2-10(7-21-15)18(25)8-26-9-18/h2-7,25H,8-9H2,1H3,(H,21,22). The maximum atomic E-state index is 14.4. The molecular weight excluding hydrogens is 405 g/mol. The average molecular weight is 420 g/mol. The van der Waals surface area contributed by atoms with E-state index in [1.54, 1.807) is 31.3 Å². The van der Waals surface area contributed by atoms with E-state index < -0.39 is 11.4 Å². The number of fused-ring (bicyclic) bond motifs is 1. The van der Waals surface area contributed by atoms with E-state index in [9.17, 15) is 14.3 Å². The van der Waals surface area contributed by atoms with E-state index in [4.69, 9.17) is 4.74 Å². The summed E-state index contributed by atoms with van der Waals surface area (Å²) in [7, 11) is 1.59. The summed E-state index contributed by atoms with van der Waals surface area (Å²) in [4.78, 5) is 16.8. The quantitative estimate of drug-likeness (QED) is 0.682. The third-order valence-electron chi connectivity index (χ3n) is 4.54. The maximum Gasteiger partial charge on any atom is 0.274 e. The number of hydrogen-bond acceptors (Lipinski definition) is 5. The van der Waals surface area contributed by atoms with Crippen LogP contribution in [0.1, 0.15) is 5.56 Å². The number of halogens is 2. The summed E-state index contributed by atoms with van der Waals surface area (Å²) in [5.41, 5.74) is 0.0616. The highest BCUT2D eigenvalue weighted by Gasteiger charge is 2.38. The second kappa shape index (κ2) is 6.15. The van der Waals surface area contributed by atoms with Crippen LogP contribution in [-0.2, 0) is 17.4 Å². The van der Waals surface area contributed by atoms with Crippen molar-refractivity contribution in [3.05, 3.63) is 62.7 Å². The second-order valence-corrected chi connectivity index (χ2v) is 7.15.